The van der Waals surface area contributed by atoms with E-state index in [4.69, 9.17) is 0 Å². The molecule has 1 aliphatic rings. The van der Waals surface area contributed by atoms with Crippen LogP contribution in [0, 0.1) is 5.92 Å². The summed E-state index contributed by atoms with van der Waals surface area (Å²) in [6.45, 7) is 3.18. The van der Waals surface area contributed by atoms with Crippen molar-refractivity contribution in [3.63, 3.8) is 0 Å². The number of nitrogens with one attached hydrogen (secondary N) is 1. The van der Waals surface area contributed by atoms with Crippen molar-refractivity contribution in [1.82, 2.24) is 10.2 Å². The second kappa shape index (κ2) is 4.99. The maximum Gasteiger partial charge on any atom is 0.226 e. The van der Waals surface area contributed by atoms with Gasteiger partial charge in [0.15, 0.2) is 0 Å². The van der Waals surface area contributed by atoms with Gasteiger partial charge in [-0.1, -0.05) is 30.3 Å². The lowest BCUT2D eigenvalue weighted by atomic mass is 9.99. The quantitative estimate of drug-likeness (QED) is 0.837. The topological polar surface area (TPSA) is 49.4 Å². The van der Waals surface area contributed by atoms with Crippen molar-refractivity contribution < 1.29 is 9.59 Å². The lowest BCUT2D eigenvalue weighted by Crippen LogP contribution is -2.55. The van der Waals surface area contributed by atoms with Crippen molar-refractivity contribution in [2.75, 3.05) is 13.1 Å². The predicted molar refractivity (Wildman–Crippen MR) is 64.0 cm³/mol. The van der Waals surface area contributed by atoms with Crippen molar-refractivity contribution in [1.29, 1.82) is 0 Å². The summed E-state index contributed by atoms with van der Waals surface area (Å²) in [5.74, 6) is 0.0334. The van der Waals surface area contributed by atoms with Crippen LogP contribution in [0.4, 0.5) is 0 Å². The molecule has 1 aliphatic heterocycles. The smallest absolute Gasteiger partial charge is 0.226 e. The fourth-order valence-electron chi connectivity index (χ4n) is 1.83. The molecule has 1 aromatic carbocycles. The van der Waals surface area contributed by atoms with Crippen LogP contribution in [0.3, 0.4) is 0 Å². The number of carbonyl (C=O) groups is 2. The van der Waals surface area contributed by atoms with Crippen LogP contribution < -0.4 is 5.32 Å². The van der Waals surface area contributed by atoms with Gasteiger partial charge in [-0.3, -0.25) is 9.59 Å². The maximum atomic E-state index is 11.7. The molecular weight excluding hydrogens is 216 g/mol. The Morgan fingerprint density at radius 1 is 1.29 bits per heavy atom. The summed E-state index contributed by atoms with van der Waals surface area (Å²) < 4.78 is 0. The average Bonchev–Trinajstić information content (AvgIpc) is 2.25. The number of nitrogens with zero attached hydrogens (tertiary/aromatic N) is 1. The van der Waals surface area contributed by atoms with E-state index in [2.05, 4.69) is 5.32 Å². The Morgan fingerprint density at radius 2 is 1.94 bits per heavy atom. The Balaban J connectivity index is 1.74. The third-order valence-corrected chi connectivity index (χ3v) is 3.01. The van der Waals surface area contributed by atoms with Gasteiger partial charge < -0.3 is 10.2 Å². The third-order valence-electron chi connectivity index (χ3n) is 3.01. The highest BCUT2D eigenvalue weighted by atomic mass is 16.2. The van der Waals surface area contributed by atoms with Gasteiger partial charge >= 0.3 is 0 Å². The van der Waals surface area contributed by atoms with Gasteiger partial charge in [-0.05, 0) is 5.56 Å². The third kappa shape index (κ3) is 2.84. The highest BCUT2D eigenvalue weighted by molar-refractivity contribution is 5.83. The fraction of sp³-hybridized carbons (Fsp3) is 0.385. The minimum absolute atomic E-state index is 0.0337. The standard InChI is InChI=1S/C13H16N2O2/c1-10(16)15-8-12(9-15)13(17)14-7-11-5-3-2-4-6-11/h2-6,12H,7-9H2,1H3,(H,14,17). The maximum absolute atomic E-state index is 11.7. The molecule has 0 radical (unpaired) electrons. The van der Waals surface area contributed by atoms with E-state index in [1.807, 2.05) is 30.3 Å². The Morgan fingerprint density at radius 3 is 2.53 bits per heavy atom. The molecule has 90 valence electrons. The molecular formula is C13H16N2O2. The molecule has 2 amide bonds. The van der Waals surface area contributed by atoms with Gasteiger partial charge in [-0.2, -0.15) is 0 Å². The minimum Gasteiger partial charge on any atom is -0.352 e. The fourth-order valence-corrected chi connectivity index (χ4v) is 1.83. The molecule has 0 bridgehead atoms. The molecule has 4 heteroatoms. The van der Waals surface area contributed by atoms with Crippen LogP contribution in [0.25, 0.3) is 0 Å². The van der Waals surface area contributed by atoms with Crippen molar-refractivity contribution in [2.45, 2.75) is 13.5 Å². The zero-order chi connectivity index (χ0) is 12.3. The summed E-state index contributed by atoms with van der Waals surface area (Å²) >= 11 is 0. The predicted octanol–water partition coefficient (Wildman–Crippen LogP) is 0.781. The minimum atomic E-state index is -0.0392. The highest BCUT2D eigenvalue weighted by Crippen LogP contribution is 2.15. The lowest BCUT2D eigenvalue weighted by Gasteiger charge is -2.37. The number of hydrogen-bond acceptors (Lipinski definition) is 2. The lowest BCUT2D eigenvalue weighted by molar-refractivity contribution is -0.141. The molecule has 1 fully saturated rings. The van der Waals surface area contributed by atoms with E-state index in [9.17, 15) is 9.59 Å². The number of carbonyl (C=O) groups excluding carboxylic acids is 2. The molecule has 1 aromatic rings. The van der Waals surface area contributed by atoms with E-state index in [0.29, 0.717) is 19.6 Å². The summed E-state index contributed by atoms with van der Waals surface area (Å²) in [7, 11) is 0. The van der Waals surface area contributed by atoms with Gasteiger partial charge in [-0.25, -0.2) is 0 Å². The van der Waals surface area contributed by atoms with Crippen LogP contribution in [-0.4, -0.2) is 29.8 Å². The van der Waals surface area contributed by atoms with Crippen LogP contribution >= 0.6 is 0 Å². The second-order valence-corrected chi connectivity index (χ2v) is 4.32. The molecule has 0 saturated carbocycles. The first-order chi connectivity index (χ1) is 8.16. The van der Waals surface area contributed by atoms with Gasteiger partial charge in [0.05, 0.1) is 5.92 Å². The highest BCUT2D eigenvalue weighted by Gasteiger charge is 2.33. The Labute approximate surface area is 101 Å². The van der Waals surface area contributed by atoms with Crippen LogP contribution in [0.1, 0.15) is 12.5 Å². The second-order valence-electron chi connectivity index (χ2n) is 4.32. The molecule has 1 N–H and O–H groups in total. The largest absolute Gasteiger partial charge is 0.352 e. The average molecular weight is 232 g/mol. The first-order valence-corrected chi connectivity index (χ1v) is 5.74. The van der Waals surface area contributed by atoms with Gasteiger partial charge in [0.1, 0.15) is 0 Å². The molecule has 1 heterocycles. The van der Waals surface area contributed by atoms with Crippen LogP contribution in [0.15, 0.2) is 30.3 Å². The Bertz CT molecular complexity index is 411. The normalized spacial score (nSPS) is 15.2. The monoisotopic (exact) mass is 232 g/mol. The van der Waals surface area contributed by atoms with E-state index in [1.165, 1.54) is 6.92 Å². The van der Waals surface area contributed by atoms with Gasteiger partial charge in [0.2, 0.25) is 11.8 Å². The molecule has 17 heavy (non-hydrogen) atoms. The Hall–Kier alpha value is -1.84. The molecule has 4 nitrogen and oxygen atoms in total. The zero-order valence-corrected chi connectivity index (χ0v) is 9.85. The van der Waals surface area contributed by atoms with E-state index in [0.717, 1.165) is 5.56 Å². The van der Waals surface area contributed by atoms with Gasteiger partial charge in [0, 0.05) is 26.6 Å². The van der Waals surface area contributed by atoms with Crippen molar-refractivity contribution in [3.05, 3.63) is 35.9 Å². The van der Waals surface area contributed by atoms with Crippen LogP contribution in [0.2, 0.25) is 0 Å². The Kier molecular flexibility index (Phi) is 3.42. The molecule has 0 aliphatic carbocycles. The number of likely N-dealkylation sites (tertiary alicyclic amines) is 1. The SMILES string of the molecule is CC(=O)N1CC(C(=O)NCc2ccccc2)C1. The van der Waals surface area contributed by atoms with Crippen molar-refractivity contribution >= 4 is 11.8 Å². The molecule has 1 saturated heterocycles. The van der Waals surface area contributed by atoms with E-state index >= 15 is 0 Å². The van der Waals surface area contributed by atoms with E-state index in [-0.39, 0.29) is 17.7 Å². The molecule has 2 rings (SSSR count). The summed E-state index contributed by atoms with van der Waals surface area (Å²) in [5.41, 5.74) is 1.09. The molecule has 0 unspecified atom stereocenters. The first-order valence-electron chi connectivity index (χ1n) is 5.74. The van der Waals surface area contributed by atoms with Crippen molar-refractivity contribution in [3.8, 4) is 0 Å². The molecule has 0 atom stereocenters. The summed E-state index contributed by atoms with van der Waals surface area (Å²) in [6, 6.07) is 9.79. The zero-order valence-electron chi connectivity index (χ0n) is 9.85. The van der Waals surface area contributed by atoms with E-state index in [1.54, 1.807) is 4.90 Å². The summed E-state index contributed by atoms with van der Waals surface area (Å²) in [4.78, 5) is 24.4. The van der Waals surface area contributed by atoms with Crippen LogP contribution in [0.5, 0.6) is 0 Å². The van der Waals surface area contributed by atoms with Gasteiger partial charge in [0.25, 0.3) is 0 Å². The molecule has 0 spiro atoms. The first kappa shape index (κ1) is 11.6. The van der Waals surface area contributed by atoms with Gasteiger partial charge in [-0.15, -0.1) is 0 Å². The van der Waals surface area contributed by atoms with E-state index < -0.39 is 0 Å². The van der Waals surface area contributed by atoms with Crippen molar-refractivity contribution in [2.24, 2.45) is 5.92 Å². The van der Waals surface area contributed by atoms with Crippen LogP contribution in [-0.2, 0) is 16.1 Å². The summed E-state index contributed by atoms with van der Waals surface area (Å²) in [5, 5.41) is 2.88. The number of rotatable bonds is 3. The summed E-state index contributed by atoms with van der Waals surface area (Å²) in [6.07, 6.45) is 0. The number of benzene rings is 1. The number of hydrogen-bond donors (Lipinski definition) is 1. The number of amides is 2. The molecule has 0 aromatic heterocycles.